The number of hydrogen-bond donors (Lipinski definition) is 2. The highest BCUT2D eigenvalue weighted by Gasteiger charge is 2.14. The van der Waals surface area contributed by atoms with Crippen LogP contribution in [-0.2, 0) is 11.2 Å². The van der Waals surface area contributed by atoms with Gasteiger partial charge in [-0.25, -0.2) is 4.98 Å². The molecule has 0 atom stereocenters. The van der Waals surface area contributed by atoms with Crippen LogP contribution in [0.1, 0.15) is 15.9 Å². The maximum Gasteiger partial charge on any atom is 0.251 e. The van der Waals surface area contributed by atoms with Gasteiger partial charge >= 0.3 is 0 Å². The zero-order chi connectivity index (χ0) is 23.5. The molecule has 1 amide bonds. The van der Waals surface area contributed by atoms with Gasteiger partial charge in [0.05, 0.1) is 23.3 Å². The average molecular weight is 495 g/mol. The summed E-state index contributed by atoms with van der Waals surface area (Å²) in [6.07, 6.45) is 4.53. The number of benzene rings is 2. The third-order valence-electron chi connectivity index (χ3n) is 6.02. The standard InChI is InChI=1S/C26H24Cl2N4O2/c27-22-5-1-17(13-23(22)28)7-8-29-26(33)18-2-4-20-21(16-30-24(20)14-18)19-3-6-25(31-15-19)32-9-11-34-12-10-32/h1-6,13-16,30H,7-12H2,(H,29,33). The molecule has 1 aliphatic rings. The molecule has 3 heterocycles. The maximum atomic E-state index is 12.7. The monoisotopic (exact) mass is 494 g/mol. The predicted molar refractivity (Wildman–Crippen MR) is 137 cm³/mol. The summed E-state index contributed by atoms with van der Waals surface area (Å²) in [7, 11) is 0. The minimum absolute atomic E-state index is 0.116. The molecule has 0 aliphatic carbocycles. The summed E-state index contributed by atoms with van der Waals surface area (Å²) in [6, 6.07) is 15.3. The molecule has 0 bridgehead atoms. The Bertz CT molecular complexity index is 1310. The highest BCUT2D eigenvalue weighted by molar-refractivity contribution is 6.42. The van der Waals surface area contributed by atoms with Gasteiger partial charge in [-0.05, 0) is 48.4 Å². The molecule has 2 N–H and O–H groups in total. The number of carbonyl (C=O) groups is 1. The van der Waals surface area contributed by atoms with E-state index in [1.54, 1.807) is 6.07 Å². The molecule has 8 heteroatoms. The van der Waals surface area contributed by atoms with Gasteiger partial charge in [-0.1, -0.05) is 35.3 Å². The van der Waals surface area contributed by atoms with Crippen LogP contribution in [0.4, 0.5) is 5.82 Å². The largest absolute Gasteiger partial charge is 0.378 e. The van der Waals surface area contributed by atoms with Gasteiger partial charge in [0.15, 0.2) is 0 Å². The lowest BCUT2D eigenvalue weighted by atomic mass is 10.0. The molecule has 0 unspecified atom stereocenters. The second-order valence-corrected chi connectivity index (χ2v) is 9.04. The predicted octanol–water partition coefficient (Wildman–Crippen LogP) is 5.35. The number of nitrogens with one attached hydrogen (secondary N) is 2. The number of amides is 1. The van der Waals surface area contributed by atoms with Crippen molar-refractivity contribution in [2.75, 3.05) is 37.7 Å². The molecule has 0 radical (unpaired) electrons. The van der Waals surface area contributed by atoms with Crippen LogP contribution in [0.2, 0.25) is 10.0 Å². The van der Waals surface area contributed by atoms with Crippen molar-refractivity contribution in [2.45, 2.75) is 6.42 Å². The van der Waals surface area contributed by atoms with Crippen LogP contribution in [0.25, 0.3) is 22.0 Å². The molecule has 1 fully saturated rings. The number of anilines is 1. The van der Waals surface area contributed by atoms with Crippen LogP contribution in [0.15, 0.2) is 60.9 Å². The summed E-state index contributed by atoms with van der Waals surface area (Å²) in [5.74, 6) is 0.848. The number of ether oxygens (including phenoxy) is 1. The van der Waals surface area contributed by atoms with Gasteiger partial charge in [0, 0.05) is 59.6 Å². The van der Waals surface area contributed by atoms with Gasteiger partial charge in [0.2, 0.25) is 0 Å². The molecule has 6 nitrogen and oxygen atoms in total. The number of aromatic amines is 1. The molecule has 4 aromatic rings. The second-order valence-electron chi connectivity index (χ2n) is 8.22. The number of H-pyrrole nitrogens is 1. The third kappa shape index (κ3) is 4.89. The van der Waals surface area contributed by atoms with Crippen LogP contribution in [0.3, 0.4) is 0 Å². The zero-order valence-electron chi connectivity index (χ0n) is 18.5. The van der Waals surface area contributed by atoms with E-state index in [1.165, 1.54) is 0 Å². The first-order valence-corrected chi connectivity index (χ1v) is 12.0. The van der Waals surface area contributed by atoms with Crippen molar-refractivity contribution in [1.82, 2.24) is 15.3 Å². The number of halogens is 2. The summed E-state index contributed by atoms with van der Waals surface area (Å²) in [4.78, 5) is 22.8. The van der Waals surface area contributed by atoms with E-state index in [0.717, 1.165) is 59.7 Å². The first-order chi connectivity index (χ1) is 16.6. The Balaban J connectivity index is 1.25. The van der Waals surface area contributed by atoms with Crippen molar-refractivity contribution in [1.29, 1.82) is 0 Å². The minimum atomic E-state index is -0.116. The smallest absolute Gasteiger partial charge is 0.251 e. The van der Waals surface area contributed by atoms with E-state index in [-0.39, 0.29) is 5.91 Å². The number of carbonyl (C=O) groups excluding carboxylic acids is 1. The van der Waals surface area contributed by atoms with E-state index in [0.29, 0.717) is 28.6 Å². The Morgan fingerprint density at radius 2 is 1.91 bits per heavy atom. The lowest BCUT2D eigenvalue weighted by Crippen LogP contribution is -2.36. The Labute approximate surface area is 207 Å². The van der Waals surface area contributed by atoms with E-state index in [9.17, 15) is 4.79 Å². The van der Waals surface area contributed by atoms with Crippen LogP contribution >= 0.6 is 23.2 Å². The topological polar surface area (TPSA) is 70.2 Å². The molecule has 2 aromatic heterocycles. The lowest BCUT2D eigenvalue weighted by molar-refractivity contribution is 0.0954. The van der Waals surface area contributed by atoms with E-state index >= 15 is 0 Å². The lowest BCUT2D eigenvalue weighted by Gasteiger charge is -2.27. The highest BCUT2D eigenvalue weighted by Crippen LogP contribution is 2.30. The number of morpholine rings is 1. The Morgan fingerprint density at radius 3 is 2.68 bits per heavy atom. The number of pyridine rings is 1. The molecular formula is C26H24Cl2N4O2. The molecule has 5 rings (SSSR count). The van der Waals surface area contributed by atoms with Crippen LogP contribution < -0.4 is 10.2 Å². The molecule has 0 spiro atoms. The van der Waals surface area contributed by atoms with Gasteiger partial charge < -0.3 is 19.9 Å². The summed E-state index contributed by atoms with van der Waals surface area (Å²) < 4.78 is 5.42. The fourth-order valence-electron chi connectivity index (χ4n) is 4.15. The normalized spacial score (nSPS) is 13.9. The first kappa shape index (κ1) is 22.7. The number of rotatable bonds is 6. The number of nitrogens with zero attached hydrogens (tertiary/aromatic N) is 2. The van der Waals surface area contributed by atoms with Crippen molar-refractivity contribution < 1.29 is 9.53 Å². The number of aromatic nitrogens is 2. The minimum Gasteiger partial charge on any atom is -0.378 e. The van der Waals surface area contributed by atoms with Crippen molar-refractivity contribution in [3.8, 4) is 11.1 Å². The molecule has 1 aliphatic heterocycles. The second kappa shape index (κ2) is 10.1. The van der Waals surface area contributed by atoms with Crippen molar-refractivity contribution >= 4 is 45.8 Å². The number of hydrogen-bond acceptors (Lipinski definition) is 4. The Hall–Kier alpha value is -3.06. The molecule has 1 saturated heterocycles. The zero-order valence-corrected chi connectivity index (χ0v) is 20.0. The summed E-state index contributed by atoms with van der Waals surface area (Å²) in [5.41, 5.74) is 4.62. The van der Waals surface area contributed by atoms with Crippen molar-refractivity contribution in [2.24, 2.45) is 0 Å². The molecule has 34 heavy (non-hydrogen) atoms. The molecule has 174 valence electrons. The van der Waals surface area contributed by atoms with Gasteiger partial charge in [0.25, 0.3) is 5.91 Å². The van der Waals surface area contributed by atoms with Crippen molar-refractivity contribution in [3.05, 3.63) is 82.1 Å². The fraction of sp³-hybridized carbons (Fsp3) is 0.231. The fourth-order valence-corrected chi connectivity index (χ4v) is 4.47. The Kier molecular flexibility index (Phi) is 6.72. The summed E-state index contributed by atoms with van der Waals surface area (Å²) in [6.45, 7) is 3.69. The first-order valence-electron chi connectivity index (χ1n) is 11.2. The maximum absolute atomic E-state index is 12.7. The number of fused-ring (bicyclic) bond motifs is 1. The summed E-state index contributed by atoms with van der Waals surface area (Å²) >= 11 is 12.0. The highest BCUT2D eigenvalue weighted by atomic mass is 35.5. The third-order valence-corrected chi connectivity index (χ3v) is 6.76. The van der Waals surface area contributed by atoms with Gasteiger partial charge in [-0.15, -0.1) is 0 Å². The van der Waals surface area contributed by atoms with Crippen LogP contribution in [0, 0.1) is 0 Å². The van der Waals surface area contributed by atoms with E-state index in [4.69, 9.17) is 27.9 Å². The SMILES string of the molecule is O=C(NCCc1ccc(Cl)c(Cl)c1)c1ccc2c(-c3ccc(N4CCOCC4)nc3)c[nH]c2c1. The average Bonchev–Trinajstić information content (AvgIpc) is 3.30. The molecular weight excluding hydrogens is 471 g/mol. The molecule has 2 aromatic carbocycles. The van der Waals surface area contributed by atoms with Gasteiger partial charge in [0.1, 0.15) is 5.82 Å². The molecule has 0 saturated carbocycles. The van der Waals surface area contributed by atoms with Gasteiger partial charge in [-0.2, -0.15) is 0 Å². The summed E-state index contributed by atoms with van der Waals surface area (Å²) in [5, 5.41) is 5.06. The van der Waals surface area contributed by atoms with E-state index < -0.39 is 0 Å². The van der Waals surface area contributed by atoms with Crippen LogP contribution in [-0.4, -0.2) is 48.7 Å². The van der Waals surface area contributed by atoms with Gasteiger partial charge in [-0.3, -0.25) is 4.79 Å². The Morgan fingerprint density at radius 1 is 1.06 bits per heavy atom. The van der Waals surface area contributed by atoms with Crippen molar-refractivity contribution in [3.63, 3.8) is 0 Å². The van der Waals surface area contributed by atoms with E-state index in [2.05, 4.69) is 32.3 Å². The quantitative estimate of drug-likeness (QED) is 0.379. The van der Waals surface area contributed by atoms with E-state index in [1.807, 2.05) is 42.7 Å². The van der Waals surface area contributed by atoms with Crippen LogP contribution in [0.5, 0.6) is 0 Å².